The molecule has 0 aromatic heterocycles. The molecular weight excluding hydrogens is 138 g/mol. The third kappa shape index (κ3) is 4.76. The van der Waals surface area contributed by atoms with Gasteiger partial charge in [0.25, 0.3) is 0 Å². The molecule has 0 heterocycles. The van der Waals surface area contributed by atoms with Crippen molar-refractivity contribution in [1.82, 2.24) is 0 Å². The summed E-state index contributed by atoms with van der Waals surface area (Å²) in [5.41, 5.74) is -0.292. The molecule has 0 aromatic carbocycles. The largest absolute Gasteiger partial charge is 0.481 e. The van der Waals surface area contributed by atoms with Crippen LogP contribution >= 0.6 is 0 Å². The summed E-state index contributed by atoms with van der Waals surface area (Å²) >= 11 is 0. The first kappa shape index (κ1) is 8.61. The lowest BCUT2D eigenvalue weighted by molar-refractivity contribution is -0.135. The van der Waals surface area contributed by atoms with Gasteiger partial charge in [-0.1, -0.05) is 0 Å². The Hall–Kier alpha value is -1.39. The summed E-state index contributed by atoms with van der Waals surface area (Å²) in [5, 5.41) is 22.9. The van der Waals surface area contributed by atoms with E-state index in [4.69, 9.17) is 15.6 Å². The Morgan fingerprint density at radius 2 is 1.40 bits per heavy atom. The average Bonchev–Trinajstić information content (AvgIpc) is 1.58. The molecule has 0 saturated carbocycles. The monoisotopic (exact) mass is 145 g/mol. The first-order valence-corrected chi connectivity index (χ1v) is 2.52. The van der Waals surface area contributed by atoms with Crippen molar-refractivity contribution in [2.24, 2.45) is 0 Å². The smallest absolute Gasteiger partial charge is 0.309 e. The Bertz CT molecular complexity index is 156. The SMILES string of the molecule is N=C(CC(=O)O)CC(=O)O. The zero-order valence-corrected chi connectivity index (χ0v) is 5.13. The second kappa shape index (κ2) is 3.60. The Labute approximate surface area is 56.8 Å². The predicted molar refractivity (Wildman–Crippen MR) is 32.2 cm³/mol. The van der Waals surface area contributed by atoms with E-state index in [1.807, 2.05) is 0 Å². The first-order valence-electron chi connectivity index (χ1n) is 2.52. The van der Waals surface area contributed by atoms with Crippen LogP contribution in [0.4, 0.5) is 0 Å². The molecule has 0 saturated heterocycles. The maximum Gasteiger partial charge on any atom is 0.309 e. The molecule has 10 heavy (non-hydrogen) atoms. The quantitative estimate of drug-likeness (QED) is 0.483. The van der Waals surface area contributed by atoms with Crippen LogP contribution in [0.15, 0.2) is 0 Å². The molecule has 0 aliphatic heterocycles. The Morgan fingerprint density at radius 3 is 1.60 bits per heavy atom. The second-order valence-corrected chi connectivity index (χ2v) is 1.74. The van der Waals surface area contributed by atoms with Gasteiger partial charge in [0.15, 0.2) is 0 Å². The summed E-state index contributed by atoms with van der Waals surface area (Å²) in [6.07, 6.45) is -0.988. The number of hydrogen-bond acceptors (Lipinski definition) is 3. The fourth-order valence-corrected chi connectivity index (χ4v) is 0.428. The van der Waals surface area contributed by atoms with Gasteiger partial charge in [-0.2, -0.15) is 0 Å². The lowest BCUT2D eigenvalue weighted by atomic mass is 10.2. The summed E-state index contributed by atoms with van der Waals surface area (Å²) in [6, 6.07) is 0. The predicted octanol–water partition coefficient (Wildman–Crippen LogP) is -0.0444. The molecule has 5 heteroatoms. The highest BCUT2D eigenvalue weighted by Gasteiger charge is 2.06. The van der Waals surface area contributed by atoms with Crippen molar-refractivity contribution in [2.75, 3.05) is 0 Å². The van der Waals surface area contributed by atoms with Crippen LogP contribution in [0.25, 0.3) is 0 Å². The van der Waals surface area contributed by atoms with Crippen LogP contribution in [0, 0.1) is 5.41 Å². The highest BCUT2D eigenvalue weighted by molar-refractivity contribution is 6.04. The van der Waals surface area contributed by atoms with Crippen molar-refractivity contribution in [3.05, 3.63) is 0 Å². The normalized spacial score (nSPS) is 8.80. The molecule has 3 N–H and O–H groups in total. The van der Waals surface area contributed by atoms with E-state index < -0.39 is 24.8 Å². The van der Waals surface area contributed by atoms with Crippen molar-refractivity contribution in [3.8, 4) is 0 Å². The molecule has 0 atom stereocenters. The minimum atomic E-state index is -1.17. The molecule has 0 bridgehead atoms. The van der Waals surface area contributed by atoms with E-state index >= 15 is 0 Å². The van der Waals surface area contributed by atoms with Crippen LogP contribution in [-0.4, -0.2) is 27.9 Å². The van der Waals surface area contributed by atoms with Gasteiger partial charge in [-0.15, -0.1) is 0 Å². The van der Waals surface area contributed by atoms with E-state index in [0.29, 0.717) is 0 Å². The fourth-order valence-electron chi connectivity index (χ4n) is 0.428. The minimum absolute atomic E-state index is 0.292. The number of carboxylic acids is 2. The molecule has 0 amide bonds. The Morgan fingerprint density at radius 1 is 1.10 bits per heavy atom. The fraction of sp³-hybridized carbons (Fsp3) is 0.400. The van der Waals surface area contributed by atoms with E-state index in [9.17, 15) is 9.59 Å². The first-order chi connectivity index (χ1) is 4.52. The van der Waals surface area contributed by atoms with Crippen LogP contribution in [0.3, 0.4) is 0 Å². The van der Waals surface area contributed by atoms with Gasteiger partial charge in [0.1, 0.15) is 0 Å². The molecule has 0 fully saturated rings. The highest BCUT2D eigenvalue weighted by atomic mass is 16.4. The molecule has 0 rings (SSSR count). The molecule has 0 aromatic rings. The van der Waals surface area contributed by atoms with Gasteiger partial charge >= 0.3 is 11.9 Å². The number of carboxylic acid groups (broad SMARTS) is 2. The second-order valence-electron chi connectivity index (χ2n) is 1.74. The Balaban J connectivity index is 3.65. The number of carbonyl (C=O) groups is 2. The molecule has 0 spiro atoms. The molecule has 5 nitrogen and oxygen atoms in total. The Kier molecular flexibility index (Phi) is 3.10. The number of nitrogens with one attached hydrogen (secondary N) is 1. The summed E-state index contributed by atoms with van der Waals surface area (Å²) < 4.78 is 0. The molecule has 0 aliphatic rings. The lowest BCUT2D eigenvalue weighted by Crippen LogP contribution is -2.10. The maximum absolute atomic E-state index is 9.86. The van der Waals surface area contributed by atoms with Crippen molar-refractivity contribution in [2.45, 2.75) is 12.8 Å². The molecule has 56 valence electrons. The van der Waals surface area contributed by atoms with Crippen LogP contribution in [0.2, 0.25) is 0 Å². The highest BCUT2D eigenvalue weighted by Crippen LogP contribution is 1.89. The van der Waals surface area contributed by atoms with Gasteiger partial charge in [-0.25, -0.2) is 0 Å². The van der Waals surface area contributed by atoms with Gasteiger partial charge in [-0.05, 0) is 0 Å². The van der Waals surface area contributed by atoms with E-state index in [0.717, 1.165) is 0 Å². The van der Waals surface area contributed by atoms with E-state index in [-0.39, 0.29) is 5.71 Å². The van der Waals surface area contributed by atoms with Crippen LogP contribution < -0.4 is 0 Å². The maximum atomic E-state index is 9.86. The average molecular weight is 145 g/mol. The van der Waals surface area contributed by atoms with E-state index in [1.54, 1.807) is 0 Å². The van der Waals surface area contributed by atoms with Gasteiger partial charge < -0.3 is 15.6 Å². The van der Waals surface area contributed by atoms with E-state index in [2.05, 4.69) is 0 Å². The van der Waals surface area contributed by atoms with Crippen molar-refractivity contribution < 1.29 is 19.8 Å². The number of rotatable bonds is 4. The molecule has 0 unspecified atom stereocenters. The van der Waals surface area contributed by atoms with Gasteiger partial charge in [-0.3, -0.25) is 9.59 Å². The van der Waals surface area contributed by atoms with Gasteiger partial charge in [0, 0.05) is 5.71 Å². The van der Waals surface area contributed by atoms with E-state index in [1.165, 1.54) is 0 Å². The van der Waals surface area contributed by atoms with Crippen LogP contribution in [0.5, 0.6) is 0 Å². The van der Waals surface area contributed by atoms with Gasteiger partial charge in [0.2, 0.25) is 0 Å². The lowest BCUT2D eigenvalue weighted by Gasteiger charge is -1.93. The summed E-state index contributed by atoms with van der Waals surface area (Å²) in [6.45, 7) is 0. The third-order valence-electron chi connectivity index (χ3n) is 0.729. The van der Waals surface area contributed by atoms with Crippen LogP contribution in [0.1, 0.15) is 12.8 Å². The summed E-state index contributed by atoms with van der Waals surface area (Å²) in [4.78, 5) is 19.7. The summed E-state index contributed by atoms with van der Waals surface area (Å²) in [5.74, 6) is -2.35. The third-order valence-corrected chi connectivity index (χ3v) is 0.729. The van der Waals surface area contributed by atoms with Crippen molar-refractivity contribution >= 4 is 17.7 Å². The number of hydrogen-bond donors (Lipinski definition) is 3. The van der Waals surface area contributed by atoms with Crippen LogP contribution in [-0.2, 0) is 9.59 Å². The summed E-state index contributed by atoms with van der Waals surface area (Å²) in [7, 11) is 0. The standard InChI is InChI=1S/C5H7NO4/c6-3(1-4(7)8)2-5(9)10/h6H,1-2H2,(H,7,8)(H,9,10). The van der Waals surface area contributed by atoms with Crippen molar-refractivity contribution in [3.63, 3.8) is 0 Å². The molecular formula is C5H7NO4. The zero-order chi connectivity index (χ0) is 8.15. The van der Waals surface area contributed by atoms with Crippen molar-refractivity contribution in [1.29, 1.82) is 5.41 Å². The zero-order valence-electron chi connectivity index (χ0n) is 5.13. The topological polar surface area (TPSA) is 98.5 Å². The van der Waals surface area contributed by atoms with Gasteiger partial charge in [0.05, 0.1) is 12.8 Å². The molecule has 0 aliphatic carbocycles. The molecule has 0 radical (unpaired) electrons. The minimum Gasteiger partial charge on any atom is -0.481 e. The number of aliphatic carboxylic acids is 2.